The number of H-pyrrole nitrogens is 1. The Morgan fingerprint density at radius 3 is 2.58 bits per heavy atom. The third-order valence-corrected chi connectivity index (χ3v) is 4.06. The predicted molar refractivity (Wildman–Crippen MR) is 89.5 cm³/mol. The van der Waals surface area contributed by atoms with E-state index in [0.29, 0.717) is 11.1 Å². The lowest BCUT2D eigenvalue weighted by molar-refractivity contribution is -0.142. The molecule has 0 unspecified atom stereocenters. The number of carboxylic acid groups (broad SMARTS) is 1. The highest BCUT2D eigenvalue weighted by molar-refractivity contribution is 6.05. The fourth-order valence-corrected chi connectivity index (χ4v) is 2.68. The number of nitrogens with one attached hydrogen (secondary N) is 2. The molecule has 2 aromatic carbocycles. The van der Waals surface area contributed by atoms with Gasteiger partial charge >= 0.3 is 5.97 Å². The number of carboxylic acids is 1. The number of benzene rings is 2. The van der Waals surface area contributed by atoms with Gasteiger partial charge in [-0.25, -0.2) is 0 Å². The predicted octanol–water partition coefficient (Wildman–Crippen LogP) is 2.75. The molecule has 0 fully saturated rings. The summed E-state index contributed by atoms with van der Waals surface area (Å²) in [7, 11) is 0. The first kappa shape index (κ1) is 15.7. The highest BCUT2D eigenvalue weighted by Gasteiger charge is 2.27. The first-order valence-electron chi connectivity index (χ1n) is 7.58. The van der Waals surface area contributed by atoms with Crippen LogP contribution >= 0.6 is 0 Å². The molecule has 24 heavy (non-hydrogen) atoms. The Hall–Kier alpha value is -3.15. The molecule has 0 radical (unpaired) electrons. The number of aromatic nitrogens is 2. The third-order valence-electron chi connectivity index (χ3n) is 4.06. The van der Waals surface area contributed by atoms with E-state index >= 15 is 0 Å². The number of hydrogen-bond donors (Lipinski definition) is 3. The van der Waals surface area contributed by atoms with Gasteiger partial charge in [0.15, 0.2) is 0 Å². The van der Waals surface area contributed by atoms with E-state index in [0.717, 1.165) is 10.9 Å². The molecule has 3 aromatic rings. The summed E-state index contributed by atoms with van der Waals surface area (Å²) in [6, 6.07) is 13.8. The summed E-state index contributed by atoms with van der Waals surface area (Å²) in [6.07, 6.45) is 1.64. The summed E-state index contributed by atoms with van der Waals surface area (Å²) in [5, 5.41) is 19.8. The molecule has 1 amide bonds. The summed E-state index contributed by atoms with van der Waals surface area (Å²) in [5.74, 6) is -2.08. The monoisotopic (exact) mass is 323 g/mol. The van der Waals surface area contributed by atoms with Crippen molar-refractivity contribution in [3.05, 3.63) is 65.9 Å². The molecular formula is C18H17N3O3. The van der Waals surface area contributed by atoms with Crippen molar-refractivity contribution in [1.82, 2.24) is 15.5 Å². The maximum absolute atomic E-state index is 12.7. The number of nitrogens with zero attached hydrogens (tertiary/aromatic N) is 1. The molecule has 0 aliphatic carbocycles. The van der Waals surface area contributed by atoms with Crippen LogP contribution in [0, 0.1) is 5.92 Å². The van der Waals surface area contributed by atoms with Gasteiger partial charge in [-0.05, 0) is 18.6 Å². The van der Waals surface area contributed by atoms with Gasteiger partial charge in [-0.3, -0.25) is 14.7 Å². The zero-order valence-electron chi connectivity index (χ0n) is 13.1. The van der Waals surface area contributed by atoms with Crippen molar-refractivity contribution in [2.24, 2.45) is 5.92 Å². The number of aliphatic carboxylic acids is 1. The number of carbonyl (C=O) groups excluding carboxylic acids is 1. The average Bonchev–Trinajstić information content (AvgIpc) is 3.08. The molecule has 6 nitrogen and oxygen atoms in total. The lowest BCUT2D eigenvalue weighted by Crippen LogP contribution is -2.35. The van der Waals surface area contributed by atoms with Crippen molar-refractivity contribution < 1.29 is 14.7 Å². The van der Waals surface area contributed by atoms with Gasteiger partial charge in [0.25, 0.3) is 5.91 Å². The van der Waals surface area contributed by atoms with Crippen molar-refractivity contribution >= 4 is 22.8 Å². The van der Waals surface area contributed by atoms with Gasteiger partial charge in [-0.1, -0.05) is 42.5 Å². The molecule has 0 saturated carbocycles. The van der Waals surface area contributed by atoms with Crippen LogP contribution in [-0.2, 0) is 4.79 Å². The minimum absolute atomic E-state index is 0.341. The van der Waals surface area contributed by atoms with Gasteiger partial charge in [0.2, 0.25) is 0 Å². The van der Waals surface area contributed by atoms with Crippen molar-refractivity contribution in [2.45, 2.75) is 13.0 Å². The Morgan fingerprint density at radius 1 is 1.12 bits per heavy atom. The summed E-state index contributed by atoms with van der Waals surface area (Å²) in [4.78, 5) is 24.2. The van der Waals surface area contributed by atoms with Crippen LogP contribution in [0.5, 0.6) is 0 Å². The molecule has 1 heterocycles. The standard InChI is InChI=1S/C18H17N3O3/c1-11(18(23)24)15(12-6-3-2-4-7-12)20-17(22)14-9-5-8-13-10-19-21-16(13)14/h2-11,15H,1H3,(H,19,21)(H,20,22)(H,23,24)/t11-,15-/m0/s1. The number of amides is 1. The van der Waals surface area contributed by atoms with Gasteiger partial charge in [-0.15, -0.1) is 0 Å². The van der Waals surface area contributed by atoms with Gasteiger partial charge < -0.3 is 10.4 Å². The minimum Gasteiger partial charge on any atom is -0.481 e. The Balaban J connectivity index is 1.94. The van der Waals surface area contributed by atoms with Crippen LogP contribution in [-0.4, -0.2) is 27.2 Å². The largest absolute Gasteiger partial charge is 0.481 e. The summed E-state index contributed by atoms with van der Waals surface area (Å²) in [6.45, 7) is 1.58. The maximum atomic E-state index is 12.7. The average molecular weight is 323 g/mol. The van der Waals surface area contributed by atoms with Crippen molar-refractivity contribution in [2.75, 3.05) is 0 Å². The van der Waals surface area contributed by atoms with Crippen LogP contribution in [0.15, 0.2) is 54.7 Å². The van der Waals surface area contributed by atoms with E-state index < -0.39 is 17.9 Å². The van der Waals surface area contributed by atoms with Gasteiger partial charge in [-0.2, -0.15) is 5.10 Å². The highest BCUT2D eigenvalue weighted by atomic mass is 16.4. The molecular weight excluding hydrogens is 306 g/mol. The van der Waals surface area contributed by atoms with Crippen LogP contribution in [0.1, 0.15) is 28.9 Å². The number of hydrogen-bond acceptors (Lipinski definition) is 3. The Kier molecular flexibility index (Phi) is 4.29. The Morgan fingerprint density at radius 2 is 1.88 bits per heavy atom. The second-order valence-corrected chi connectivity index (χ2v) is 5.63. The van der Waals surface area contributed by atoms with Crippen LogP contribution in [0.3, 0.4) is 0 Å². The van der Waals surface area contributed by atoms with E-state index in [4.69, 9.17) is 0 Å². The van der Waals surface area contributed by atoms with E-state index in [-0.39, 0.29) is 5.91 Å². The lowest BCUT2D eigenvalue weighted by atomic mass is 9.94. The number of para-hydroxylation sites is 1. The lowest BCUT2D eigenvalue weighted by Gasteiger charge is -2.23. The summed E-state index contributed by atoms with van der Waals surface area (Å²) in [5.41, 5.74) is 1.81. The SMILES string of the molecule is C[C@H](C(=O)O)[C@H](NC(=O)c1cccc2cn[nH]c12)c1ccccc1. The zero-order chi connectivity index (χ0) is 17.1. The smallest absolute Gasteiger partial charge is 0.308 e. The van der Waals surface area contributed by atoms with Crippen LogP contribution < -0.4 is 5.32 Å². The number of carbonyl (C=O) groups is 2. The van der Waals surface area contributed by atoms with E-state index in [1.807, 2.05) is 24.3 Å². The number of aromatic amines is 1. The molecule has 122 valence electrons. The fraction of sp³-hybridized carbons (Fsp3) is 0.167. The van der Waals surface area contributed by atoms with Crippen molar-refractivity contribution in [3.8, 4) is 0 Å². The van der Waals surface area contributed by atoms with E-state index in [2.05, 4.69) is 15.5 Å². The highest BCUT2D eigenvalue weighted by Crippen LogP contribution is 2.24. The van der Waals surface area contributed by atoms with Crippen LogP contribution in [0.4, 0.5) is 0 Å². The first-order chi connectivity index (χ1) is 11.6. The second kappa shape index (κ2) is 6.54. The third kappa shape index (κ3) is 2.99. The fourth-order valence-electron chi connectivity index (χ4n) is 2.68. The minimum atomic E-state index is -0.969. The van der Waals surface area contributed by atoms with Gasteiger partial charge in [0.1, 0.15) is 0 Å². The molecule has 1 aromatic heterocycles. The Labute approximate surface area is 138 Å². The van der Waals surface area contributed by atoms with Crippen molar-refractivity contribution in [3.63, 3.8) is 0 Å². The summed E-state index contributed by atoms with van der Waals surface area (Å²) >= 11 is 0. The van der Waals surface area contributed by atoms with Gasteiger partial charge in [0, 0.05) is 5.39 Å². The Bertz CT molecular complexity index is 873. The normalized spacial score (nSPS) is 13.4. The molecule has 0 aliphatic heterocycles. The van der Waals surface area contributed by atoms with E-state index in [9.17, 15) is 14.7 Å². The number of fused-ring (bicyclic) bond motifs is 1. The molecule has 0 spiro atoms. The van der Waals surface area contributed by atoms with Gasteiger partial charge in [0.05, 0.1) is 29.2 Å². The topological polar surface area (TPSA) is 95.1 Å². The van der Waals surface area contributed by atoms with E-state index in [1.54, 1.807) is 37.4 Å². The first-order valence-corrected chi connectivity index (χ1v) is 7.58. The molecule has 0 saturated heterocycles. The van der Waals surface area contributed by atoms with Crippen LogP contribution in [0.2, 0.25) is 0 Å². The molecule has 0 aliphatic rings. The van der Waals surface area contributed by atoms with Crippen LogP contribution in [0.25, 0.3) is 10.9 Å². The molecule has 6 heteroatoms. The molecule has 3 rings (SSSR count). The van der Waals surface area contributed by atoms with Crippen molar-refractivity contribution in [1.29, 1.82) is 0 Å². The van der Waals surface area contributed by atoms with E-state index in [1.165, 1.54) is 0 Å². The quantitative estimate of drug-likeness (QED) is 0.673. The maximum Gasteiger partial charge on any atom is 0.308 e. The molecule has 3 N–H and O–H groups in total. The zero-order valence-corrected chi connectivity index (χ0v) is 13.1. The summed E-state index contributed by atoms with van der Waals surface area (Å²) < 4.78 is 0. The molecule has 0 bridgehead atoms. The second-order valence-electron chi connectivity index (χ2n) is 5.63. The number of rotatable bonds is 5. The molecule has 2 atom stereocenters.